The zero-order valence-electron chi connectivity index (χ0n) is 9.93. The molecule has 1 aromatic carbocycles. The molecular weight excluding hydrogens is 252 g/mol. The molecular formula is C13H12O4S. The van der Waals surface area contributed by atoms with Gasteiger partial charge in [0, 0.05) is 16.0 Å². The van der Waals surface area contributed by atoms with Gasteiger partial charge in [0.15, 0.2) is 0 Å². The second-order valence-corrected chi connectivity index (χ2v) is 4.65. The second-order valence-electron chi connectivity index (χ2n) is 3.77. The number of hydrogen-bond donors (Lipinski definition) is 2. The zero-order chi connectivity index (χ0) is 13.3. The first-order valence-corrected chi connectivity index (χ1v) is 6.47. The zero-order valence-corrected chi connectivity index (χ0v) is 10.7. The maximum Gasteiger partial charge on any atom is 0.330 e. The third-order valence-electron chi connectivity index (χ3n) is 2.65. The van der Waals surface area contributed by atoms with Crippen molar-refractivity contribution in [3.63, 3.8) is 0 Å². The molecule has 1 heterocycles. The van der Waals surface area contributed by atoms with Crippen LogP contribution < -0.4 is 5.43 Å². The standard InChI is InChI=1S/C13H12O4S/c1-7-10(14)11(15)13(16)17-12(7)8-3-5-9(18-2)6-4-8/h3-6,15-16H,1-2H3. The smallest absolute Gasteiger partial charge is 0.330 e. The topological polar surface area (TPSA) is 70.7 Å². The van der Waals surface area contributed by atoms with Crippen molar-refractivity contribution in [2.45, 2.75) is 11.8 Å². The molecule has 0 fully saturated rings. The molecule has 0 saturated carbocycles. The molecule has 0 saturated heterocycles. The molecule has 0 spiro atoms. The van der Waals surface area contributed by atoms with Crippen LogP contribution in [0.1, 0.15) is 5.56 Å². The lowest BCUT2D eigenvalue weighted by Crippen LogP contribution is -2.05. The molecule has 0 unspecified atom stereocenters. The van der Waals surface area contributed by atoms with E-state index in [0.717, 1.165) is 4.90 Å². The van der Waals surface area contributed by atoms with Gasteiger partial charge in [-0.3, -0.25) is 4.79 Å². The van der Waals surface area contributed by atoms with Crippen LogP contribution in [0.3, 0.4) is 0 Å². The molecule has 0 radical (unpaired) electrons. The van der Waals surface area contributed by atoms with E-state index in [0.29, 0.717) is 5.56 Å². The van der Waals surface area contributed by atoms with Gasteiger partial charge in [-0.1, -0.05) is 12.1 Å². The lowest BCUT2D eigenvalue weighted by molar-refractivity contribution is 0.292. The highest BCUT2D eigenvalue weighted by Gasteiger charge is 2.16. The molecule has 2 N–H and O–H groups in total. The number of thioether (sulfide) groups is 1. The molecule has 0 amide bonds. The number of rotatable bonds is 2. The Morgan fingerprint density at radius 1 is 1.17 bits per heavy atom. The molecule has 2 aromatic rings. The quantitative estimate of drug-likeness (QED) is 0.816. The minimum atomic E-state index is -0.755. The van der Waals surface area contributed by atoms with Crippen molar-refractivity contribution in [1.29, 1.82) is 0 Å². The van der Waals surface area contributed by atoms with Gasteiger partial charge in [-0.15, -0.1) is 11.8 Å². The van der Waals surface area contributed by atoms with Gasteiger partial charge in [0.25, 0.3) is 0 Å². The van der Waals surface area contributed by atoms with Crippen LogP contribution in [0.5, 0.6) is 11.7 Å². The Labute approximate surface area is 108 Å². The van der Waals surface area contributed by atoms with Crippen LogP contribution in [-0.2, 0) is 0 Å². The van der Waals surface area contributed by atoms with E-state index in [4.69, 9.17) is 4.42 Å². The highest BCUT2D eigenvalue weighted by atomic mass is 32.2. The van der Waals surface area contributed by atoms with Crippen LogP contribution in [0.15, 0.2) is 38.4 Å². The fourth-order valence-electron chi connectivity index (χ4n) is 1.62. The second kappa shape index (κ2) is 4.78. The predicted molar refractivity (Wildman–Crippen MR) is 70.3 cm³/mol. The largest absolute Gasteiger partial charge is 0.499 e. The first-order chi connectivity index (χ1) is 8.54. The summed E-state index contributed by atoms with van der Waals surface area (Å²) in [4.78, 5) is 12.7. The molecule has 0 aliphatic carbocycles. The molecule has 18 heavy (non-hydrogen) atoms. The van der Waals surface area contributed by atoms with Gasteiger partial charge in [0.05, 0.1) is 0 Å². The SMILES string of the molecule is CSc1ccc(-c2oc(O)c(O)c(=O)c2C)cc1. The maximum atomic E-state index is 11.6. The van der Waals surface area contributed by atoms with Gasteiger partial charge in [-0.25, -0.2) is 0 Å². The third kappa shape index (κ3) is 2.09. The van der Waals surface area contributed by atoms with Crippen LogP contribution in [-0.4, -0.2) is 16.5 Å². The van der Waals surface area contributed by atoms with Crippen LogP contribution in [0.25, 0.3) is 11.3 Å². The van der Waals surface area contributed by atoms with Crippen molar-refractivity contribution in [2.75, 3.05) is 6.26 Å². The van der Waals surface area contributed by atoms with Gasteiger partial charge < -0.3 is 14.6 Å². The molecule has 0 aliphatic heterocycles. The molecule has 1 aromatic heterocycles. The minimum Gasteiger partial charge on any atom is -0.499 e. The highest BCUT2D eigenvalue weighted by molar-refractivity contribution is 7.98. The average molecular weight is 264 g/mol. The van der Waals surface area contributed by atoms with Gasteiger partial charge in [-0.05, 0) is 25.3 Å². The van der Waals surface area contributed by atoms with E-state index >= 15 is 0 Å². The van der Waals surface area contributed by atoms with Gasteiger partial charge in [0.2, 0.25) is 11.2 Å². The Hall–Kier alpha value is -1.88. The Morgan fingerprint density at radius 3 is 2.33 bits per heavy atom. The number of benzene rings is 1. The first-order valence-electron chi connectivity index (χ1n) is 5.24. The van der Waals surface area contributed by atoms with Crippen molar-refractivity contribution < 1.29 is 14.6 Å². The Kier molecular flexibility index (Phi) is 3.34. The molecule has 5 heteroatoms. The van der Waals surface area contributed by atoms with Crippen molar-refractivity contribution in [1.82, 2.24) is 0 Å². The first kappa shape index (κ1) is 12.6. The third-order valence-corrected chi connectivity index (χ3v) is 3.39. The van der Waals surface area contributed by atoms with E-state index in [-0.39, 0.29) is 11.3 Å². The molecule has 4 nitrogen and oxygen atoms in total. The number of aromatic hydroxyl groups is 2. The van der Waals surface area contributed by atoms with Crippen LogP contribution in [0, 0.1) is 6.92 Å². The number of hydrogen-bond acceptors (Lipinski definition) is 5. The molecule has 94 valence electrons. The summed E-state index contributed by atoms with van der Waals surface area (Å²) in [6.45, 7) is 1.54. The molecule has 0 atom stereocenters. The van der Waals surface area contributed by atoms with Crippen LogP contribution in [0.2, 0.25) is 0 Å². The lowest BCUT2D eigenvalue weighted by Gasteiger charge is -2.06. The summed E-state index contributed by atoms with van der Waals surface area (Å²) in [5.74, 6) is -1.24. The average Bonchev–Trinajstić information content (AvgIpc) is 2.41. The Morgan fingerprint density at radius 2 is 1.78 bits per heavy atom. The summed E-state index contributed by atoms with van der Waals surface area (Å²) in [5, 5.41) is 18.6. The van der Waals surface area contributed by atoms with E-state index in [1.54, 1.807) is 30.8 Å². The van der Waals surface area contributed by atoms with Crippen molar-refractivity contribution in [2.24, 2.45) is 0 Å². The van der Waals surface area contributed by atoms with E-state index in [2.05, 4.69) is 0 Å². The fourth-order valence-corrected chi connectivity index (χ4v) is 2.03. The molecule has 0 aliphatic rings. The summed E-state index contributed by atoms with van der Waals surface area (Å²) >= 11 is 1.60. The van der Waals surface area contributed by atoms with E-state index in [9.17, 15) is 15.0 Å². The van der Waals surface area contributed by atoms with Gasteiger partial charge in [0.1, 0.15) is 5.76 Å². The van der Waals surface area contributed by atoms with Crippen molar-refractivity contribution in [3.05, 3.63) is 40.1 Å². The summed E-state index contributed by atoms with van der Waals surface area (Å²) in [6, 6.07) is 7.38. The Balaban J connectivity index is 2.60. The van der Waals surface area contributed by atoms with Crippen molar-refractivity contribution >= 4 is 11.8 Å². The minimum absolute atomic E-state index is 0.266. The highest BCUT2D eigenvalue weighted by Crippen LogP contribution is 2.30. The van der Waals surface area contributed by atoms with Gasteiger partial charge >= 0.3 is 5.95 Å². The van der Waals surface area contributed by atoms with Gasteiger partial charge in [-0.2, -0.15) is 0 Å². The van der Waals surface area contributed by atoms with Crippen LogP contribution >= 0.6 is 11.8 Å². The van der Waals surface area contributed by atoms with Crippen LogP contribution in [0.4, 0.5) is 0 Å². The summed E-state index contributed by atoms with van der Waals surface area (Å²) < 4.78 is 5.08. The van der Waals surface area contributed by atoms with E-state index < -0.39 is 17.1 Å². The monoisotopic (exact) mass is 264 g/mol. The summed E-state index contributed by atoms with van der Waals surface area (Å²) in [6.07, 6.45) is 1.97. The Bertz CT molecular complexity index is 629. The lowest BCUT2D eigenvalue weighted by atomic mass is 10.1. The summed E-state index contributed by atoms with van der Waals surface area (Å²) in [5.41, 5.74) is 0.322. The summed E-state index contributed by atoms with van der Waals surface area (Å²) in [7, 11) is 0. The molecule has 2 rings (SSSR count). The van der Waals surface area contributed by atoms with Crippen molar-refractivity contribution in [3.8, 4) is 23.0 Å². The normalized spacial score (nSPS) is 10.6. The maximum absolute atomic E-state index is 11.6. The van der Waals surface area contributed by atoms with E-state index in [1.165, 1.54) is 0 Å². The predicted octanol–water partition coefficient (Wildman–Crippen LogP) is 2.75. The fraction of sp³-hybridized carbons (Fsp3) is 0.154. The molecule has 0 bridgehead atoms. The van der Waals surface area contributed by atoms with E-state index in [1.807, 2.05) is 18.4 Å².